The van der Waals surface area contributed by atoms with Gasteiger partial charge in [0.1, 0.15) is 7.05 Å². The van der Waals surface area contributed by atoms with Gasteiger partial charge >= 0.3 is 0 Å². The number of nitrogens with zero attached hydrogens (tertiary/aromatic N) is 2. The fourth-order valence-corrected chi connectivity index (χ4v) is 4.68. The van der Waals surface area contributed by atoms with Crippen LogP contribution in [0.4, 0.5) is 5.69 Å². The molecule has 0 amide bonds. The van der Waals surface area contributed by atoms with Gasteiger partial charge in [0.25, 0.3) is 0 Å². The number of benzene rings is 1. The standard InChI is InChI=1S/C33H53N2.HI/c1-4-5-6-7-8-9-10-11-12-13-14-15-16-17-18-19-28-35(3)33-24-22-31(23-25-33)20-21-32-26-29-34(2)30-27-32;/h20-27,29-30H,4-19,28H2,1-3H3;1H/q+1;/p-1. The first-order valence-corrected chi connectivity index (χ1v) is 14.6. The summed E-state index contributed by atoms with van der Waals surface area (Å²) < 4.78 is 2.06. The second-order valence-electron chi connectivity index (χ2n) is 10.4. The third-order valence-corrected chi connectivity index (χ3v) is 7.15. The molecule has 0 spiro atoms. The third kappa shape index (κ3) is 15.7. The minimum Gasteiger partial charge on any atom is -1.00 e. The second-order valence-corrected chi connectivity index (χ2v) is 10.4. The van der Waals surface area contributed by atoms with Crippen LogP contribution in [-0.4, -0.2) is 13.6 Å². The molecule has 202 valence electrons. The molecule has 0 atom stereocenters. The lowest BCUT2D eigenvalue weighted by Crippen LogP contribution is -3.00. The van der Waals surface area contributed by atoms with E-state index in [1.165, 1.54) is 120 Å². The van der Waals surface area contributed by atoms with Crippen LogP contribution in [0.5, 0.6) is 0 Å². The first-order chi connectivity index (χ1) is 17.2. The molecule has 0 aliphatic rings. The monoisotopic (exact) mass is 604 g/mol. The van der Waals surface area contributed by atoms with Crippen molar-refractivity contribution in [2.75, 3.05) is 18.5 Å². The van der Waals surface area contributed by atoms with Gasteiger partial charge in [-0.05, 0) is 29.7 Å². The average Bonchev–Trinajstić information content (AvgIpc) is 2.88. The van der Waals surface area contributed by atoms with Gasteiger partial charge in [-0.2, -0.15) is 0 Å². The van der Waals surface area contributed by atoms with Crippen LogP contribution in [0.1, 0.15) is 121 Å². The summed E-state index contributed by atoms with van der Waals surface area (Å²) in [5.41, 5.74) is 3.79. The van der Waals surface area contributed by atoms with E-state index < -0.39 is 0 Å². The van der Waals surface area contributed by atoms with Crippen molar-refractivity contribution in [1.29, 1.82) is 0 Å². The first kappa shape index (κ1) is 32.7. The summed E-state index contributed by atoms with van der Waals surface area (Å²) in [7, 11) is 4.27. The van der Waals surface area contributed by atoms with Crippen molar-refractivity contribution in [2.24, 2.45) is 7.05 Å². The lowest BCUT2D eigenvalue weighted by Gasteiger charge is -2.19. The highest BCUT2D eigenvalue weighted by Crippen LogP contribution is 2.17. The molecule has 36 heavy (non-hydrogen) atoms. The quantitative estimate of drug-likeness (QED) is 0.0967. The smallest absolute Gasteiger partial charge is 0.169 e. The topological polar surface area (TPSA) is 7.12 Å². The number of anilines is 1. The Morgan fingerprint density at radius 2 is 0.972 bits per heavy atom. The molecule has 1 aromatic carbocycles. The highest BCUT2D eigenvalue weighted by molar-refractivity contribution is 5.70. The minimum atomic E-state index is 0. The Balaban J connectivity index is 0.00000648. The third-order valence-electron chi connectivity index (χ3n) is 7.15. The Hall–Kier alpha value is -1.36. The Morgan fingerprint density at radius 1 is 0.583 bits per heavy atom. The van der Waals surface area contributed by atoms with Crippen LogP contribution in [-0.2, 0) is 7.05 Å². The van der Waals surface area contributed by atoms with E-state index in [2.05, 4.69) is 84.4 Å². The zero-order chi connectivity index (χ0) is 25.0. The molecule has 0 aliphatic heterocycles. The van der Waals surface area contributed by atoms with Gasteiger partial charge in [0.2, 0.25) is 0 Å². The molecular weight excluding hydrogens is 551 g/mol. The molecule has 0 fully saturated rings. The van der Waals surface area contributed by atoms with Gasteiger partial charge in [-0.3, -0.25) is 0 Å². The highest BCUT2D eigenvalue weighted by Gasteiger charge is 2.01. The van der Waals surface area contributed by atoms with E-state index in [0.29, 0.717) is 0 Å². The number of halogens is 1. The van der Waals surface area contributed by atoms with E-state index in [-0.39, 0.29) is 24.0 Å². The predicted octanol–water partition coefficient (Wildman–Crippen LogP) is 6.38. The van der Waals surface area contributed by atoms with Gasteiger partial charge in [-0.15, -0.1) is 0 Å². The van der Waals surface area contributed by atoms with Crippen LogP contribution >= 0.6 is 0 Å². The maximum absolute atomic E-state index is 2.40. The molecule has 0 saturated heterocycles. The number of aromatic nitrogens is 1. The molecule has 1 heterocycles. The molecule has 2 aromatic rings. The molecule has 0 N–H and O–H groups in total. The van der Waals surface area contributed by atoms with E-state index in [1.807, 2.05) is 7.05 Å². The van der Waals surface area contributed by atoms with Gasteiger partial charge in [-0.25, -0.2) is 4.57 Å². The Labute approximate surface area is 240 Å². The van der Waals surface area contributed by atoms with E-state index in [0.717, 1.165) is 6.54 Å². The van der Waals surface area contributed by atoms with Crippen molar-refractivity contribution < 1.29 is 28.5 Å². The fourth-order valence-electron chi connectivity index (χ4n) is 4.68. The Bertz CT molecular complexity index is 782. The summed E-state index contributed by atoms with van der Waals surface area (Å²) in [6.07, 6.45) is 31.3. The highest BCUT2D eigenvalue weighted by atomic mass is 127. The van der Waals surface area contributed by atoms with Crippen molar-refractivity contribution in [3.8, 4) is 0 Å². The lowest BCUT2D eigenvalue weighted by atomic mass is 10.0. The normalized spacial score (nSPS) is 11.1. The van der Waals surface area contributed by atoms with Gasteiger partial charge in [0.05, 0.1) is 0 Å². The van der Waals surface area contributed by atoms with Gasteiger partial charge < -0.3 is 28.9 Å². The maximum Gasteiger partial charge on any atom is 0.169 e. The molecule has 0 aliphatic carbocycles. The van der Waals surface area contributed by atoms with Crippen LogP contribution in [0.3, 0.4) is 0 Å². The zero-order valence-corrected chi connectivity index (χ0v) is 25.7. The average molecular weight is 605 g/mol. The molecular formula is C33H53IN2. The van der Waals surface area contributed by atoms with Crippen molar-refractivity contribution in [1.82, 2.24) is 0 Å². The predicted molar refractivity (Wildman–Crippen MR) is 156 cm³/mol. The first-order valence-electron chi connectivity index (χ1n) is 14.6. The molecule has 2 rings (SSSR count). The molecule has 0 unspecified atom stereocenters. The molecule has 3 heteroatoms. The number of pyridine rings is 1. The number of unbranched alkanes of at least 4 members (excludes halogenated alkanes) is 15. The number of rotatable bonds is 20. The van der Waals surface area contributed by atoms with Gasteiger partial charge in [-0.1, -0.05) is 128 Å². The van der Waals surface area contributed by atoms with Crippen molar-refractivity contribution in [3.05, 3.63) is 59.9 Å². The van der Waals surface area contributed by atoms with Crippen LogP contribution in [0.25, 0.3) is 12.2 Å². The summed E-state index contributed by atoms with van der Waals surface area (Å²) in [5.74, 6) is 0. The summed E-state index contributed by atoms with van der Waals surface area (Å²) in [6, 6.07) is 13.2. The summed E-state index contributed by atoms with van der Waals surface area (Å²) in [6.45, 7) is 3.44. The molecule has 0 radical (unpaired) electrons. The summed E-state index contributed by atoms with van der Waals surface area (Å²) in [5, 5.41) is 0. The Kier molecular flexibility index (Phi) is 19.7. The van der Waals surface area contributed by atoms with E-state index >= 15 is 0 Å². The molecule has 0 saturated carbocycles. The largest absolute Gasteiger partial charge is 1.00 e. The van der Waals surface area contributed by atoms with E-state index in [9.17, 15) is 0 Å². The maximum atomic E-state index is 2.40. The van der Waals surface area contributed by atoms with Crippen molar-refractivity contribution >= 4 is 17.8 Å². The van der Waals surface area contributed by atoms with Crippen molar-refractivity contribution in [3.63, 3.8) is 0 Å². The zero-order valence-electron chi connectivity index (χ0n) is 23.6. The lowest BCUT2D eigenvalue weighted by molar-refractivity contribution is -0.671. The minimum absolute atomic E-state index is 0. The summed E-state index contributed by atoms with van der Waals surface area (Å²) >= 11 is 0. The van der Waals surface area contributed by atoms with E-state index in [1.54, 1.807) is 0 Å². The van der Waals surface area contributed by atoms with Crippen molar-refractivity contribution in [2.45, 2.75) is 110 Å². The van der Waals surface area contributed by atoms with Crippen LogP contribution < -0.4 is 33.4 Å². The van der Waals surface area contributed by atoms with Crippen LogP contribution in [0.2, 0.25) is 0 Å². The Morgan fingerprint density at radius 3 is 1.42 bits per heavy atom. The molecule has 0 bridgehead atoms. The molecule has 2 nitrogen and oxygen atoms in total. The molecule has 1 aromatic heterocycles. The van der Waals surface area contributed by atoms with E-state index in [4.69, 9.17) is 0 Å². The number of aryl methyl sites for hydroxylation is 1. The summed E-state index contributed by atoms with van der Waals surface area (Å²) in [4.78, 5) is 2.40. The fraction of sp³-hybridized carbons (Fsp3) is 0.606. The van der Waals surface area contributed by atoms with Gasteiger partial charge in [0.15, 0.2) is 12.4 Å². The number of hydrogen-bond acceptors (Lipinski definition) is 1. The second kappa shape index (κ2) is 21.7. The van der Waals surface area contributed by atoms with Crippen LogP contribution in [0.15, 0.2) is 48.8 Å². The van der Waals surface area contributed by atoms with Crippen LogP contribution in [0, 0.1) is 0 Å². The van der Waals surface area contributed by atoms with Gasteiger partial charge in [0, 0.05) is 31.4 Å². The number of hydrogen-bond donors (Lipinski definition) is 0. The SMILES string of the molecule is CCCCCCCCCCCCCCCCCCN(C)c1ccc(/C=C/c2cc[n+](C)cc2)cc1.[I-].